The van der Waals surface area contributed by atoms with Crippen LogP contribution in [0.5, 0.6) is 0 Å². The average Bonchev–Trinajstić information content (AvgIpc) is 2.30. The normalized spacial score (nSPS) is 23.7. The summed E-state index contributed by atoms with van der Waals surface area (Å²) >= 11 is 0. The molecule has 2 rings (SSSR count). The predicted octanol–water partition coefficient (Wildman–Crippen LogP) is 0.839. The van der Waals surface area contributed by atoms with Crippen LogP contribution >= 0.6 is 0 Å². The zero-order valence-corrected chi connectivity index (χ0v) is 8.72. The lowest BCUT2D eigenvalue weighted by molar-refractivity contribution is -0.133. The molecule has 1 fully saturated rings. The number of rotatable bonds is 2. The molecule has 0 amide bonds. The lowest BCUT2D eigenvalue weighted by Crippen LogP contribution is -2.33. The molecule has 0 spiro atoms. The summed E-state index contributed by atoms with van der Waals surface area (Å²) in [6, 6.07) is 3.74. The number of nitrogens with zero attached hydrogens (tertiary/aromatic N) is 1. The highest BCUT2D eigenvalue weighted by Crippen LogP contribution is 2.20. The molecule has 0 saturated carbocycles. The van der Waals surface area contributed by atoms with Crippen molar-refractivity contribution in [1.29, 1.82) is 0 Å². The summed E-state index contributed by atoms with van der Waals surface area (Å²) in [5.41, 5.74) is 1.71. The molecule has 2 atom stereocenters. The Morgan fingerprint density at radius 3 is 2.93 bits per heavy atom. The van der Waals surface area contributed by atoms with Crippen LogP contribution in [0.1, 0.15) is 17.4 Å². The number of hydrogen-bond donors (Lipinski definition) is 1. The largest absolute Gasteiger partial charge is 0.386 e. The molecule has 0 aromatic carbocycles. The standard InChI is InChI=1S/C11H15NO3/c1-8-2-3-9(6-12-8)11(13)10-7-14-4-5-15-10/h2-3,6,10-11,13H,4-5,7H2,1H3. The van der Waals surface area contributed by atoms with Gasteiger partial charge < -0.3 is 14.6 Å². The van der Waals surface area contributed by atoms with Gasteiger partial charge in [0.05, 0.1) is 19.8 Å². The molecule has 0 radical (unpaired) electrons. The van der Waals surface area contributed by atoms with E-state index in [2.05, 4.69) is 4.98 Å². The van der Waals surface area contributed by atoms with E-state index in [0.717, 1.165) is 11.3 Å². The summed E-state index contributed by atoms with van der Waals surface area (Å²) in [5.74, 6) is 0. The fraction of sp³-hybridized carbons (Fsp3) is 0.545. The Labute approximate surface area is 88.9 Å². The molecule has 1 saturated heterocycles. The fourth-order valence-electron chi connectivity index (χ4n) is 1.56. The number of aryl methyl sites for hydroxylation is 1. The minimum atomic E-state index is -0.654. The third kappa shape index (κ3) is 2.53. The zero-order valence-electron chi connectivity index (χ0n) is 8.72. The Morgan fingerprint density at radius 2 is 2.33 bits per heavy atom. The molecule has 1 aromatic rings. The second-order valence-electron chi connectivity index (χ2n) is 3.66. The minimum Gasteiger partial charge on any atom is -0.386 e. The fourth-order valence-corrected chi connectivity index (χ4v) is 1.56. The topological polar surface area (TPSA) is 51.6 Å². The van der Waals surface area contributed by atoms with Crippen molar-refractivity contribution in [2.75, 3.05) is 19.8 Å². The van der Waals surface area contributed by atoms with E-state index >= 15 is 0 Å². The van der Waals surface area contributed by atoms with E-state index in [4.69, 9.17) is 9.47 Å². The van der Waals surface area contributed by atoms with Crippen LogP contribution in [0.15, 0.2) is 18.3 Å². The summed E-state index contributed by atoms with van der Waals surface area (Å²) in [6.45, 7) is 3.50. The van der Waals surface area contributed by atoms with E-state index < -0.39 is 6.10 Å². The molecule has 2 heterocycles. The number of ether oxygens (including phenoxy) is 2. The van der Waals surface area contributed by atoms with Crippen LogP contribution in [0.2, 0.25) is 0 Å². The molecule has 1 aliphatic heterocycles. The molecule has 4 heteroatoms. The van der Waals surface area contributed by atoms with Crippen LogP contribution in [0, 0.1) is 6.92 Å². The molecule has 0 bridgehead atoms. The highest BCUT2D eigenvalue weighted by Gasteiger charge is 2.24. The average molecular weight is 209 g/mol. The van der Waals surface area contributed by atoms with Crippen LogP contribution < -0.4 is 0 Å². The number of aliphatic hydroxyl groups excluding tert-OH is 1. The van der Waals surface area contributed by atoms with Gasteiger partial charge in [0.1, 0.15) is 12.2 Å². The third-order valence-electron chi connectivity index (χ3n) is 2.47. The Kier molecular flexibility index (Phi) is 3.30. The van der Waals surface area contributed by atoms with Crippen molar-refractivity contribution >= 4 is 0 Å². The number of aromatic nitrogens is 1. The molecule has 2 unspecified atom stereocenters. The smallest absolute Gasteiger partial charge is 0.111 e. The monoisotopic (exact) mass is 209 g/mol. The third-order valence-corrected chi connectivity index (χ3v) is 2.47. The van der Waals surface area contributed by atoms with Gasteiger partial charge in [0.25, 0.3) is 0 Å². The van der Waals surface area contributed by atoms with E-state index in [9.17, 15) is 5.11 Å². The molecule has 1 N–H and O–H groups in total. The Balaban J connectivity index is 2.05. The Morgan fingerprint density at radius 1 is 1.47 bits per heavy atom. The van der Waals surface area contributed by atoms with Gasteiger partial charge in [0, 0.05) is 17.5 Å². The van der Waals surface area contributed by atoms with Crippen molar-refractivity contribution in [3.05, 3.63) is 29.6 Å². The van der Waals surface area contributed by atoms with E-state index in [1.807, 2.05) is 19.1 Å². The summed E-state index contributed by atoms with van der Waals surface area (Å²) in [5, 5.41) is 9.99. The van der Waals surface area contributed by atoms with Crippen molar-refractivity contribution in [2.45, 2.75) is 19.1 Å². The number of hydrogen-bond acceptors (Lipinski definition) is 4. The van der Waals surface area contributed by atoms with Gasteiger partial charge in [-0.25, -0.2) is 0 Å². The lowest BCUT2D eigenvalue weighted by atomic mass is 10.1. The highest BCUT2D eigenvalue weighted by molar-refractivity contribution is 5.16. The molecule has 0 aliphatic carbocycles. The molecule has 1 aromatic heterocycles. The summed E-state index contributed by atoms with van der Waals surface area (Å²) < 4.78 is 10.7. The molecule has 15 heavy (non-hydrogen) atoms. The second-order valence-corrected chi connectivity index (χ2v) is 3.66. The van der Waals surface area contributed by atoms with E-state index in [1.165, 1.54) is 0 Å². The summed E-state index contributed by atoms with van der Waals surface area (Å²) in [7, 11) is 0. The van der Waals surface area contributed by atoms with E-state index in [0.29, 0.717) is 19.8 Å². The summed E-state index contributed by atoms with van der Waals surface area (Å²) in [4.78, 5) is 4.14. The Bertz CT molecular complexity index is 306. The van der Waals surface area contributed by atoms with Crippen LogP contribution in [0.4, 0.5) is 0 Å². The first-order valence-corrected chi connectivity index (χ1v) is 5.07. The van der Waals surface area contributed by atoms with Gasteiger partial charge in [-0.15, -0.1) is 0 Å². The van der Waals surface area contributed by atoms with E-state index in [1.54, 1.807) is 6.20 Å². The molecule has 4 nitrogen and oxygen atoms in total. The summed E-state index contributed by atoms with van der Waals surface area (Å²) in [6.07, 6.45) is 0.750. The maximum absolute atomic E-state index is 9.99. The maximum atomic E-state index is 9.99. The number of aliphatic hydroxyl groups is 1. The Hall–Kier alpha value is -0.970. The van der Waals surface area contributed by atoms with Gasteiger partial charge in [-0.3, -0.25) is 4.98 Å². The van der Waals surface area contributed by atoms with Crippen molar-refractivity contribution < 1.29 is 14.6 Å². The quantitative estimate of drug-likeness (QED) is 0.784. The number of pyridine rings is 1. The van der Waals surface area contributed by atoms with Crippen LogP contribution in [0.3, 0.4) is 0 Å². The molecule has 1 aliphatic rings. The molecule has 82 valence electrons. The van der Waals surface area contributed by atoms with Crippen LogP contribution in [-0.4, -0.2) is 36.0 Å². The van der Waals surface area contributed by atoms with Gasteiger partial charge in [-0.05, 0) is 13.0 Å². The van der Waals surface area contributed by atoms with Crippen molar-refractivity contribution in [1.82, 2.24) is 4.98 Å². The zero-order chi connectivity index (χ0) is 10.7. The highest BCUT2D eigenvalue weighted by atomic mass is 16.6. The van der Waals surface area contributed by atoms with Crippen molar-refractivity contribution in [3.63, 3.8) is 0 Å². The molecular formula is C11H15NO3. The first kappa shape index (κ1) is 10.5. The van der Waals surface area contributed by atoms with E-state index in [-0.39, 0.29) is 6.10 Å². The first-order chi connectivity index (χ1) is 7.27. The van der Waals surface area contributed by atoms with Crippen LogP contribution in [0.25, 0.3) is 0 Å². The van der Waals surface area contributed by atoms with Crippen molar-refractivity contribution in [2.24, 2.45) is 0 Å². The SMILES string of the molecule is Cc1ccc(C(O)C2COCCO2)cn1. The van der Waals surface area contributed by atoms with Gasteiger partial charge >= 0.3 is 0 Å². The molecular weight excluding hydrogens is 194 g/mol. The maximum Gasteiger partial charge on any atom is 0.111 e. The van der Waals surface area contributed by atoms with Gasteiger partial charge in [-0.2, -0.15) is 0 Å². The predicted molar refractivity (Wildman–Crippen MR) is 54.5 cm³/mol. The van der Waals surface area contributed by atoms with Crippen molar-refractivity contribution in [3.8, 4) is 0 Å². The second kappa shape index (κ2) is 4.70. The van der Waals surface area contributed by atoms with Gasteiger partial charge in [0.2, 0.25) is 0 Å². The minimum absolute atomic E-state index is 0.275. The van der Waals surface area contributed by atoms with Gasteiger partial charge in [0.15, 0.2) is 0 Å². The van der Waals surface area contributed by atoms with Crippen LogP contribution in [-0.2, 0) is 9.47 Å². The van der Waals surface area contributed by atoms with Gasteiger partial charge in [-0.1, -0.05) is 6.07 Å². The lowest BCUT2D eigenvalue weighted by Gasteiger charge is -2.27. The first-order valence-electron chi connectivity index (χ1n) is 5.07.